The SMILES string of the molecule is Cc1ccc(C(N)c2ccc(C)c(F)c2)c(Br)c1. The minimum atomic E-state index is -0.324. The molecule has 2 aromatic carbocycles. The van der Waals surface area contributed by atoms with Gasteiger partial charge in [-0.3, -0.25) is 0 Å². The molecule has 1 atom stereocenters. The molecule has 1 unspecified atom stereocenters. The van der Waals surface area contributed by atoms with Gasteiger partial charge in [-0.05, 0) is 48.2 Å². The fourth-order valence-corrected chi connectivity index (χ4v) is 2.61. The van der Waals surface area contributed by atoms with Gasteiger partial charge in [0.05, 0.1) is 6.04 Å². The molecule has 0 aromatic heterocycles. The van der Waals surface area contributed by atoms with Crippen LogP contribution < -0.4 is 5.73 Å². The van der Waals surface area contributed by atoms with Crippen LogP contribution in [0.2, 0.25) is 0 Å². The lowest BCUT2D eigenvalue weighted by atomic mass is 9.98. The maximum atomic E-state index is 13.6. The van der Waals surface area contributed by atoms with E-state index in [-0.39, 0.29) is 11.9 Å². The number of benzene rings is 2. The van der Waals surface area contributed by atoms with Crippen molar-refractivity contribution >= 4 is 15.9 Å². The van der Waals surface area contributed by atoms with Gasteiger partial charge in [0.2, 0.25) is 0 Å². The van der Waals surface area contributed by atoms with E-state index in [4.69, 9.17) is 5.73 Å². The summed E-state index contributed by atoms with van der Waals surface area (Å²) in [6.07, 6.45) is 0. The molecule has 0 aliphatic rings. The summed E-state index contributed by atoms with van der Waals surface area (Å²) in [6, 6.07) is 10.8. The Kier molecular flexibility index (Phi) is 3.83. The third-order valence-electron chi connectivity index (χ3n) is 3.05. The van der Waals surface area contributed by atoms with Crippen LogP contribution in [0.1, 0.15) is 28.3 Å². The van der Waals surface area contributed by atoms with Crippen molar-refractivity contribution in [1.82, 2.24) is 0 Å². The Morgan fingerprint density at radius 1 is 1.11 bits per heavy atom. The van der Waals surface area contributed by atoms with E-state index in [0.29, 0.717) is 5.56 Å². The largest absolute Gasteiger partial charge is 0.320 e. The van der Waals surface area contributed by atoms with E-state index >= 15 is 0 Å². The number of halogens is 2. The molecule has 18 heavy (non-hydrogen) atoms. The molecule has 0 amide bonds. The fraction of sp³-hybridized carbons (Fsp3) is 0.200. The molecule has 3 heteroatoms. The van der Waals surface area contributed by atoms with Crippen LogP contribution in [-0.4, -0.2) is 0 Å². The molecule has 2 aromatic rings. The van der Waals surface area contributed by atoms with Crippen LogP contribution in [0.5, 0.6) is 0 Å². The zero-order chi connectivity index (χ0) is 13.3. The molecule has 0 bridgehead atoms. The van der Waals surface area contributed by atoms with Crippen LogP contribution in [0.15, 0.2) is 40.9 Å². The van der Waals surface area contributed by atoms with Gasteiger partial charge in [-0.15, -0.1) is 0 Å². The summed E-state index contributed by atoms with van der Waals surface area (Å²) in [5, 5.41) is 0. The van der Waals surface area contributed by atoms with Crippen molar-refractivity contribution < 1.29 is 4.39 Å². The second-order valence-electron chi connectivity index (χ2n) is 4.51. The predicted octanol–water partition coefficient (Wildman–Crippen LogP) is 4.25. The molecule has 0 spiro atoms. The van der Waals surface area contributed by atoms with Crippen LogP contribution in [0, 0.1) is 19.7 Å². The zero-order valence-corrected chi connectivity index (χ0v) is 12.0. The van der Waals surface area contributed by atoms with Crippen molar-refractivity contribution in [2.24, 2.45) is 5.73 Å². The van der Waals surface area contributed by atoms with Crippen LogP contribution >= 0.6 is 15.9 Å². The van der Waals surface area contributed by atoms with Crippen LogP contribution in [-0.2, 0) is 0 Å². The van der Waals surface area contributed by atoms with E-state index < -0.39 is 0 Å². The summed E-state index contributed by atoms with van der Waals surface area (Å²) in [7, 11) is 0. The molecule has 0 radical (unpaired) electrons. The van der Waals surface area contributed by atoms with E-state index in [1.807, 2.05) is 31.2 Å². The van der Waals surface area contributed by atoms with Crippen LogP contribution in [0.25, 0.3) is 0 Å². The van der Waals surface area contributed by atoms with E-state index in [9.17, 15) is 4.39 Å². The first kappa shape index (κ1) is 13.2. The zero-order valence-electron chi connectivity index (χ0n) is 10.4. The van der Waals surface area contributed by atoms with Crippen molar-refractivity contribution in [2.75, 3.05) is 0 Å². The first-order valence-corrected chi connectivity index (χ1v) is 6.56. The van der Waals surface area contributed by atoms with Gasteiger partial charge in [0.15, 0.2) is 0 Å². The molecule has 2 rings (SSSR count). The quantitative estimate of drug-likeness (QED) is 0.881. The average Bonchev–Trinajstić information content (AvgIpc) is 2.32. The van der Waals surface area contributed by atoms with Crippen LogP contribution in [0.3, 0.4) is 0 Å². The number of rotatable bonds is 2. The summed E-state index contributed by atoms with van der Waals surface area (Å²) in [5.74, 6) is -0.216. The Morgan fingerprint density at radius 3 is 2.44 bits per heavy atom. The smallest absolute Gasteiger partial charge is 0.126 e. The number of nitrogens with two attached hydrogens (primary N) is 1. The molecular weight excluding hydrogens is 293 g/mol. The van der Waals surface area contributed by atoms with Gasteiger partial charge in [-0.1, -0.05) is 40.2 Å². The van der Waals surface area contributed by atoms with Crippen molar-refractivity contribution in [3.05, 3.63) is 68.9 Å². The standard InChI is InChI=1S/C15H15BrFN/c1-9-3-6-12(13(16)7-9)15(18)11-5-4-10(2)14(17)8-11/h3-8,15H,18H2,1-2H3. The first-order chi connectivity index (χ1) is 8.49. The maximum Gasteiger partial charge on any atom is 0.126 e. The Morgan fingerprint density at radius 2 is 1.83 bits per heavy atom. The molecule has 0 fully saturated rings. The minimum Gasteiger partial charge on any atom is -0.320 e. The molecule has 2 N–H and O–H groups in total. The van der Waals surface area contributed by atoms with Gasteiger partial charge in [0, 0.05) is 4.47 Å². The Bertz CT molecular complexity index is 581. The molecule has 0 aliphatic heterocycles. The topological polar surface area (TPSA) is 26.0 Å². The summed E-state index contributed by atoms with van der Waals surface area (Å²) in [4.78, 5) is 0. The van der Waals surface area contributed by atoms with Crippen molar-refractivity contribution in [1.29, 1.82) is 0 Å². The molecule has 1 nitrogen and oxygen atoms in total. The summed E-state index contributed by atoms with van der Waals surface area (Å²) < 4.78 is 14.5. The molecule has 0 saturated heterocycles. The van der Waals surface area contributed by atoms with E-state index in [2.05, 4.69) is 15.9 Å². The predicted molar refractivity (Wildman–Crippen MR) is 76.0 cm³/mol. The van der Waals surface area contributed by atoms with E-state index in [0.717, 1.165) is 21.2 Å². The Balaban J connectivity index is 2.41. The van der Waals surface area contributed by atoms with Gasteiger partial charge in [-0.25, -0.2) is 4.39 Å². The Labute approximate surface area is 115 Å². The highest BCUT2D eigenvalue weighted by Crippen LogP contribution is 2.28. The van der Waals surface area contributed by atoms with E-state index in [1.165, 1.54) is 6.07 Å². The first-order valence-electron chi connectivity index (χ1n) is 5.76. The minimum absolute atomic E-state index is 0.216. The van der Waals surface area contributed by atoms with Gasteiger partial charge >= 0.3 is 0 Å². The normalized spacial score (nSPS) is 12.5. The van der Waals surface area contributed by atoms with Gasteiger partial charge in [0.1, 0.15) is 5.82 Å². The third kappa shape index (κ3) is 2.62. The highest BCUT2D eigenvalue weighted by molar-refractivity contribution is 9.10. The summed E-state index contributed by atoms with van der Waals surface area (Å²) >= 11 is 3.50. The molecule has 0 saturated carbocycles. The third-order valence-corrected chi connectivity index (χ3v) is 3.73. The molecule has 0 aliphatic carbocycles. The second-order valence-corrected chi connectivity index (χ2v) is 5.37. The van der Waals surface area contributed by atoms with E-state index in [1.54, 1.807) is 13.0 Å². The summed E-state index contributed by atoms with van der Waals surface area (Å²) in [6.45, 7) is 3.76. The lowest BCUT2D eigenvalue weighted by molar-refractivity contribution is 0.614. The van der Waals surface area contributed by atoms with Crippen molar-refractivity contribution in [3.63, 3.8) is 0 Å². The summed E-state index contributed by atoms with van der Waals surface area (Å²) in [5.41, 5.74) is 9.73. The molecule has 94 valence electrons. The monoisotopic (exact) mass is 307 g/mol. The number of hydrogen-bond donors (Lipinski definition) is 1. The maximum absolute atomic E-state index is 13.6. The molecule has 0 heterocycles. The lowest BCUT2D eigenvalue weighted by Gasteiger charge is -2.15. The highest BCUT2D eigenvalue weighted by atomic mass is 79.9. The number of aryl methyl sites for hydroxylation is 2. The fourth-order valence-electron chi connectivity index (χ4n) is 1.87. The Hall–Kier alpha value is -1.19. The van der Waals surface area contributed by atoms with Gasteiger partial charge < -0.3 is 5.73 Å². The molecular formula is C15H15BrFN. The average molecular weight is 308 g/mol. The van der Waals surface area contributed by atoms with Crippen molar-refractivity contribution in [3.8, 4) is 0 Å². The van der Waals surface area contributed by atoms with Gasteiger partial charge in [-0.2, -0.15) is 0 Å². The van der Waals surface area contributed by atoms with Crippen LogP contribution in [0.4, 0.5) is 4.39 Å². The van der Waals surface area contributed by atoms with Gasteiger partial charge in [0.25, 0.3) is 0 Å². The number of hydrogen-bond acceptors (Lipinski definition) is 1. The highest BCUT2D eigenvalue weighted by Gasteiger charge is 2.13. The second kappa shape index (κ2) is 5.21. The lowest BCUT2D eigenvalue weighted by Crippen LogP contribution is -2.13. The van der Waals surface area contributed by atoms with Crippen molar-refractivity contribution in [2.45, 2.75) is 19.9 Å².